The molecule has 1 heterocycles. The molecule has 0 atom stereocenters. The Kier molecular flexibility index (Phi) is 2.95. The Bertz CT molecular complexity index is 584. The van der Waals surface area contributed by atoms with E-state index in [4.69, 9.17) is 5.11 Å². The lowest BCUT2D eigenvalue weighted by molar-refractivity contribution is -0.136. The molecule has 0 fully saturated rings. The first-order valence-corrected chi connectivity index (χ1v) is 5.46. The Morgan fingerprint density at radius 1 is 1.41 bits per heavy atom. The van der Waals surface area contributed by atoms with E-state index in [0.717, 1.165) is 17.2 Å². The number of carbonyl (C=O) groups excluding carboxylic acids is 1. The van der Waals surface area contributed by atoms with Crippen LogP contribution in [-0.4, -0.2) is 21.9 Å². The van der Waals surface area contributed by atoms with E-state index in [1.165, 1.54) is 0 Å². The van der Waals surface area contributed by atoms with Gasteiger partial charge in [0.25, 0.3) is 0 Å². The molecular weight excluding hydrogens is 218 g/mol. The molecule has 0 unspecified atom stereocenters. The largest absolute Gasteiger partial charge is 0.481 e. The minimum atomic E-state index is -0.924. The molecule has 1 aromatic heterocycles. The average molecular weight is 231 g/mol. The van der Waals surface area contributed by atoms with Crippen molar-refractivity contribution in [1.29, 1.82) is 0 Å². The number of carbonyl (C=O) groups is 2. The highest BCUT2D eigenvalue weighted by molar-refractivity contribution is 5.95. The molecular formula is C13H13NO3. The fraction of sp³-hybridized carbons (Fsp3) is 0.231. The van der Waals surface area contributed by atoms with Gasteiger partial charge in [-0.05, 0) is 18.6 Å². The molecule has 0 aliphatic rings. The molecule has 1 aromatic carbocycles. The number of rotatable bonds is 4. The molecule has 0 radical (unpaired) electrons. The number of para-hydroxylation sites is 1. The van der Waals surface area contributed by atoms with Gasteiger partial charge >= 0.3 is 5.97 Å². The van der Waals surface area contributed by atoms with Gasteiger partial charge in [-0.25, -0.2) is 0 Å². The number of nitrogens with zero attached hydrogens (tertiary/aromatic N) is 1. The summed E-state index contributed by atoms with van der Waals surface area (Å²) in [5.74, 6) is -0.924. The number of aromatic nitrogens is 1. The van der Waals surface area contributed by atoms with E-state index in [1.807, 2.05) is 35.8 Å². The van der Waals surface area contributed by atoms with Crippen molar-refractivity contribution < 1.29 is 14.7 Å². The van der Waals surface area contributed by atoms with Gasteiger partial charge in [0.05, 0.1) is 12.1 Å². The third kappa shape index (κ3) is 1.82. The van der Waals surface area contributed by atoms with Crippen molar-refractivity contribution in [2.24, 2.45) is 0 Å². The SMILES string of the molecule is CCn1c(C=O)c(CC(=O)O)c2ccccc21. The lowest BCUT2D eigenvalue weighted by atomic mass is 10.1. The molecule has 4 heteroatoms. The highest BCUT2D eigenvalue weighted by atomic mass is 16.4. The molecule has 4 nitrogen and oxygen atoms in total. The fourth-order valence-electron chi connectivity index (χ4n) is 2.21. The van der Waals surface area contributed by atoms with Gasteiger partial charge in [-0.1, -0.05) is 18.2 Å². The first-order valence-electron chi connectivity index (χ1n) is 5.46. The quantitative estimate of drug-likeness (QED) is 0.820. The molecule has 17 heavy (non-hydrogen) atoms. The van der Waals surface area contributed by atoms with E-state index in [2.05, 4.69) is 0 Å². The van der Waals surface area contributed by atoms with Crippen LogP contribution in [0.3, 0.4) is 0 Å². The van der Waals surface area contributed by atoms with Crippen LogP contribution in [0.1, 0.15) is 23.0 Å². The Morgan fingerprint density at radius 3 is 2.71 bits per heavy atom. The summed E-state index contributed by atoms with van der Waals surface area (Å²) in [6.45, 7) is 2.58. The summed E-state index contributed by atoms with van der Waals surface area (Å²) in [6.07, 6.45) is 0.614. The zero-order valence-electron chi connectivity index (χ0n) is 9.51. The number of benzene rings is 1. The molecule has 0 saturated carbocycles. The summed E-state index contributed by atoms with van der Waals surface area (Å²) < 4.78 is 1.85. The van der Waals surface area contributed by atoms with Gasteiger partial charge in [0.2, 0.25) is 0 Å². The predicted octanol–water partition coefficient (Wildman–Crippen LogP) is 2.10. The maximum Gasteiger partial charge on any atom is 0.307 e. The summed E-state index contributed by atoms with van der Waals surface area (Å²) in [6, 6.07) is 7.49. The number of aryl methyl sites for hydroxylation is 1. The first kappa shape index (κ1) is 11.4. The maximum absolute atomic E-state index is 11.1. The Morgan fingerprint density at radius 2 is 2.12 bits per heavy atom. The van der Waals surface area contributed by atoms with Crippen molar-refractivity contribution in [3.63, 3.8) is 0 Å². The van der Waals surface area contributed by atoms with E-state index >= 15 is 0 Å². The molecule has 0 aliphatic carbocycles. The topological polar surface area (TPSA) is 59.3 Å². The molecule has 2 rings (SSSR count). The maximum atomic E-state index is 11.1. The van der Waals surface area contributed by atoms with Gasteiger partial charge < -0.3 is 9.67 Å². The van der Waals surface area contributed by atoms with E-state index in [9.17, 15) is 9.59 Å². The molecule has 2 aromatic rings. The lowest BCUT2D eigenvalue weighted by Crippen LogP contribution is -2.05. The van der Waals surface area contributed by atoms with Gasteiger partial charge in [0.15, 0.2) is 6.29 Å². The normalized spacial score (nSPS) is 10.6. The summed E-state index contributed by atoms with van der Waals surface area (Å²) in [7, 11) is 0. The van der Waals surface area contributed by atoms with Crippen LogP contribution in [0.15, 0.2) is 24.3 Å². The number of hydrogen-bond donors (Lipinski definition) is 1. The van der Waals surface area contributed by atoms with Gasteiger partial charge in [-0.3, -0.25) is 9.59 Å². The van der Waals surface area contributed by atoms with Crippen molar-refractivity contribution in [3.8, 4) is 0 Å². The van der Waals surface area contributed by atoms with Gasteiger partial charge in [0, 0.05) is 17.4 Å². The average Bonchev–Trinajstić information content (AvgIpc) is 2.62. The number of aldehydes is 1. The zero-order valence-corrected chi connectivity index (χ0v) is 9.51. The second kappa shape index (κ2) is 4.41. The van der Waals surface area contributed by atoms with Gasteiger partial charge in [-0.2, -0.15) is 0 Å². The van der Waals surface area contributed by atoms with Crippen LogP contribution >= 0.6 is 0 Å². The predicted molar refractivity (Wildman–Crippen MR) is 64.3 cm³/mol. The summed E-state index contributed by atoms with van der Waals surface area (Å²) >= 11 is 0. The molecule has 88 valence electrons. The smallest absolute Gasteiger partial charge is 0.307 e. The fourth-order valence-corrected chi connectivity index (χ4v) is 2.21. The Labute approximate surface area is 98.5 Å². The Hall–Kier alpha value is -2.10. The number of carboxylic acids is 1. The van der Waals surface area contributed by atoms with Crippen molar-refractivity contribution in [1.82, 2.24) is 4.57 Å². The third-order valence-corrected chi connectivity index (χ3v) is 2.88. The number of hydrogen-bond acceptors (Lipinski definition) is 2. The minimum Gasteiger partial charge on any atom is -0.481 e. The standard InChI is InChI=1S/C13H13NO3/c1-2-14-11-6-4-3-5-9(11)10(7-13(16)17)12(14)8-15/h3-6,8H,2,7H2,1H3,(H,16,17). The van der Waals surface area contributed by atoms with Crippen molar-refractivity contribution in [3.05, 3.63) is 35.5 Å². The highest BCUT2D eigenvalue weighted by Crippen LogP contribution is 2.25. The Balaban J connectivity index is 2.78. The van der Waals surface area contributed by atoms with Crippen LogP contribution in [-0.2, 0) is 17.8 Å². The van der Waals surface area contributed by atoms with Crippen LogP contribution < -0.4 is 0 Å². The second-order valence-electron chi connectivity index (χ2n) is 3.81. The summed E-state index contributed by atoms with van der Waals surface area (Å²) in [5, 5.41) is 9.75. The van der Waals surface area contributed by atoms with Crippen LogP contribution in [0.5, 0.6) is 0 Å². The van der Waals surface area contributed by atoms with Crippen molar-refractivity contribution >= 4 is 23.2 Å². The second-order valence-corrected chi connectivity index (χ2v) is 3.81. The zero-order chi connectivity index (χ0) is 12.4. The number of carboxylic acid groups (broad SMARTS) is 1. The molecule has 1 N–H and O–H groups in total. The van der Waals surface area contributed by atoms with Crippen LogP contribution in [0.2, 0.25) is 0 Å². The van der Waals surface area contributed by atoms with Gasteiger partial charge in [0.1, 0.15) is 0 Å². The van der Waals surface area contributed by atoms with Gasteiger partial charge in [-0.15, -0.1) is 0 Å². The number of fused-ring (bicyclic) bond motifs is 1. The van der Waals surface area contributed by atoms with Crippen LogP contribution in [0, 0.1) is 0 Å². The molecule has 0 amide bonds. The third-order valence-electron chi connectivity index (χ3n) is 2.88. The highest BCUT2D eigenvalue weighted by Gasteiger charge is 2.17. The van der Waals surface area contributed by atoms with Crippen molar-refractivity contribution in [2.45, 2.75) is 19.9 Å². The molecule has 0 saturated heterocycles. The number of aliphatic carboxylic acids is 1. The molecule has 0 spiro atoms. The summed E-state index contributed by atoms with van der Waals surface area (Å²) in [4.78, 5) is 22.0. The lowest BCUT2D eigenvalue weighted by Gasteiger charge is -2.02. The van der Waals surface area contributed by atoms with E-state index in [-0.39, 0.29) is 6.42 Å². The minimum absolute atomic E-state index is 0.123. The molecule has 0 bridgehead atoms. The van der Waals surface area contributed by atoms with E-state index in [1.54, 1.807) is 0 Å². The van der Waals surface area contributed by atoms with Crippen molar-refractivity contribution in [2.75, 3.05) is 0 Å². The van der Waals surface area contributed by atoms with E-state index in [0.29, 0.717) is 17.8 Å². The monoisotopic (exact) mass is 231 g/mol. The van der Waals surface area contributed by atoms with E-state index < -0.39 is 5.97 Å². The summed E-state index contributed by atoms with van der Waals surface area (Å²) in [5.41, 5.74) is 1.98. The van der Waals surface area contributed by atoms with Crippen LogP contribution in [0.4, 0.5) is 0 Å². The molecule has 0 aliphatic heterocycles. The first-order chi connectivity index (χ1) is 8.19. The van der Waals surface area contributed by atoms with Crippen LogP contribution in [0.25, 0.3) is 10.9 Å².